The van der Waals surface area contributed by atoms with Gasteiger partial charge in [-0.05, 0) is 107 Å². The van der Waals surface area contributed by atoms with Crippen molar-refractivity contribution < 1.29 is 19.9 Å². The van der Waals surface area contributed by atoms with Crippen LogP contribution in [0.5, 0.6) is 0 Å². The SMILES string of the molecule is CC(C)(C)OC(=O)N[C@@H]1CCc2cc(-c3noc(C4CCC4)n3)ccc21.Cl.N[C@@H]1CCc2cc(-c3noc(C4CCC4)n3)ccc21.[2H]CC. The van der Waals surface area contributed by atoms with E-state index in [2.05, 4.69) is 55.9 Å². The van der Waals surface area contributed by atoms with Crippen LogP contribution >= 0.6 is 12.4 Å². The van der Waals surface area contributed by atoms with E-state index in [-0.39, 0.29) is 30.6 Å². The van der Waals surface area contributed by atoms with Crippen molar-refractivity contribution in [2.45, 2.75) is 128 Å². The summed E-state index contributed by atoms with van der Waals surface area (Å²) >= 11 is 0. The molecule has 2 aromatic carbocycles. The third kappa shape index (κ3) is 7.92. The van der Waals surface area contributed by atoms with Gasteiger partial charge in [-0.3, -0.25) is 0 Å². The van der Waals surface area contributed by atoms with Crippen molar-refractivity contribution in [3.63, 3.8) is 0 Å². The van der Waals surface area contributed by atoms with Gasteiger partial charge in [-0.1, -0.05) is 61.2 Å². The number of rotatable bonds is 5. The van der Waals surface area contributed by atoms with Crippen molar-refractivity contribution in [3.8, 4) is 22.8 Å². The Balaban J connectivity index is 0.000000180. The molecule has 4 aromatic rings. The Bertz CT molecular complexity index is 1710. The minimum atomic E-state index is -0.494. The molecule has 0 bridgehead atoms. The summed E-state index contributed by atoms with van der Waals surface area (Å²) in [5.74, 6) is 3.86. The first-order valence-electron chi connectivity index (χ1n) is 17.8. The molecular weight excluding hydrogens is 628 g/mol. The van der Waals surface area contributed by atoms with Crippen LogP contribution in [-0.2, 0) is 17.6 Å². The third-order valence-electron chi connectivity index (χ3n) is 9.49. The van der Waals surface area contributed by atoms with Gasteiger partial charge in [0.1, 0.15) is 5.60 Å². The number of nitrogens with zero attached hydrogens (tertiary/aromatic N) is 4. The predicted octanol–water partition coefficient (Wildman–Crippen LogP) is 8.91. The topological polar surface area (TPSA) is 142 Å². The number of hydrogen-bond acceptors (Lipinski definition) is 9. The highest BCUT2D eigenvalue weighted by Crippen LogP contribution is 2.39. The molecule has 11 heteroatoms. The maximum Gasteiger partial charge on any atom is 0.408 e. The molecule has 1 amide bonds. The zero-order valence-electron chi connectivity index (χ0n) is 29.5. The average Bonchev–Trinajstić information content (AvgIpc) is 3.79. The zero-order chi connectivity index (χ0) is 33.8. The molecule has 0 spiro atoms. The highest BCUT2D eigenvalue weighted by Gasteiger charge is 2.29. The number of hydrogen-bond donors (Lipinski definition) is 2. The lowest BCUT2D eigenvalue weighted by molar-refractivity contribution is 0.0503. The van der Waals surface area contributed by atoms with Crippen molar-refractivity contribution in [1.29, 1.82) is 0 Å². The van der Waals surface area contributed by atoms with Crippen molar-refractivity contribution in [2.24, 2.45) is 5.73 Å². The summed E-state index contributed by atoms with van der Waals surface area (Å²) in [7, 11) is 0. The zero-order valence-corrected chi connectivity index (χ0v) is 29.3. The number of aryl methyl sites for hydroxylation is 2. The largest absolute Gasteiger partial charge is 0.444 e. The third-order valence-corrected chi connectivity index (χ3v) is 9.49. The predicted molar refractivity (Wildman–Crippen MR) is 187 cm³/mol. The molecule has 0 unspecified atom stereocenters. The first-order valence-corrected chi connectivity index (χ1v) is 17.1. The fourth-order valence-electron chi connectivity index (χ4n) is 6.49. The molecule has 2 aromatic heterocycles. The van der Waals surface area contributed by atoms with Crippen molar-refractivity contribution in [1.82, 2.24) is 25.6 Å². The smallest absolute Gasteiger partial charge is 0.408 e. The lowest BCUT2D eigenvalue weighted by Crippen LogP contribution is -2.34. The number of alkyl carbamates (subject to hydrolysis) is 1. The van der Waals surface area contributed by atoms with E-state index < -0.39 is 5.60 Å². The molecule has 0 saturated heterocycles. The Kier molecular flexibility index (Phi) is 10.8. The summed E-state index contributed by atoms with van der Waals surface area (Å²) < 4.78 is 22.4. The first-order chi connectivity index (χ1) is 23.1. The van der Waals surface area contributed by atoms with Crippen LogP contribution in [0.1, 0.15) is 145 Å². The van der Waals surface area contributed by atoms with Crippen LogP contribution < -0.4 is 11.1 Å². The molecule has 2 atom stereocenters. The van der Waals surface area contributed by atoms with Gasteiger partial charge in [0.05, 0.1) is 6.04 Å². The van der Waals surface area contributed by atoms with Crippen molar-refractivity contribution >= 4 is 18.5 Å². The minimum Gasteiger partial charge on any atom is -0.444 e. The van der Waals surface area contributed by atoms with E-state index in [4.69, 9.17) is 20.9 Å². The van der Waals surface area contributed by atoms with Gasteiger partial charge in [-0.25, -0.2) is 4.79 Å². The molecule has 0 radical (unpaired) electrons. The fourth-order valence-corrected chi connectivity index (χ4v) is 6.49. The van der Waals surface area contributed by atoms with E-state index in [0.29, 0.717) is 30.4 Å². The van der Waals surface area contributed by atoms with Gasteiger partial charge in [-0.15, -0.1) is 12.4 Å². The minimum absolute atomic E-state index is 0. The molecular formula is C37H49ClN6O4. The Morgan fingerprint density at radius 3 is 1.85 bits per heavy atom. The van der Waals surface area contributed by atoms with Gasteiger partial charge in [0.2, 0.25) is 23.4 Å². The molecule has 48 heavy (non-hydrogen) atoms. The quantitative estimate of drug-likeness (QED) is 0.212. The van der Waals surface area contributed by atoms with Crippen LogP contribution in [-0.4, -0.2) is 32.0 Å². The van der Waals surface area contributed by atoms with Crippen molar-refractivity contribution in [3.05, 3.63) is 70.4 Å². The fraction of sp³-hybridized carbons (Fsp3) is 0.541. The number of ether oxygens (including phenoxy) is 1. The van der Waals surface area contributed by atoms with E-state index in [9.17, 15) is 4.79 Å². The molecule has 3 N–H and O–H groups in total. The number of carbonyl (C=O) groups excluding carboxylic acids is 1. The van der Waals surface area contributed by atoms with E-state index in [1.165, 1.54) is 42.4 Å². The summed E-state index contributed by atoms with van der Waals surface area (Å²) in [5, 5.41) is 11.2. The van der Waals surface area contributed by atoms with E-state index in [1.807, 2.05) is 26.8 Å². The summed E-state index contributed by atoms with van der Waals surface area (Å²) in [6, 6.07) is 12.7. The molecule has 0 aliphatic heterocycles. The Hall–Kier alpha value is -3.76. The number of carbonyl (C=O) groups is 1. The second kappa shape index (κ2) is 15.2. The summed E-state index contributed by atoms with van der Waals surface area (Å²) in [4.78, 5) is 21.2. The Morgan fingerprint density at radius 2 is 1.35 bits per heavy atom. The standard InChI is InChI=1S/C20H25N3O3.C15H17N3O.C2H6.ClH/c1-20(2,3)25-19(24)21-16-10-8-13-11-14(7-9-15(13)16)17-22-18(26-23-17)12-5-4-6-12;16-13-7-5-10-8-11(4-6-12(10)13)14-17-15(19-18-14)9-2-1-3-9;1-2;/h7,9,11-12,16H,4-6,8,10H2,1-3H3,(H,21,24);4,6,8-9,13H,1-3,5,7,16H2;1-2H3;1H/t16-;13-;;/m11../s1/i;;1D;. The van der Waals surface area contributed by atoms with E-state index in [0.717, 1.165) is 67.0 Å². The number of nitrogens with two attached hydrogens (primary N) is 1. The number of fused-ring (bicyclic) bond motifs is 2. The summed E-state index contributed by atoms with van der Waals surface area (Å²) in [5.41, 5.74) is 12.5. The highest BCUT2D eigenvalue weighted by atomic mass is 35.5. The number of benzene rings is 2. The normalized spacial score (nSPS) is 19.9. The maximum atomic E-state index is 12.0. The van der Waals surface area contributed by atoms with E-state index >= 15 is 0 Å². The van der Waals surface area contributed by atoms with Crippen LogP contribution in [0.4, 0.5) is 4.79 Å². The van der Waals surface area contributed by atoms with Gasteiger partial charge < -0.3 is 24.8 Å². The Morgan fingerprint density at radius 1 is 0.854 bits per heavy atom. The first kappa shape index (κ1) is 34.1. The molecule has 2 fully saturated rings. The summed E-state index contributed by atoms with van der Waals surface area (Å²) in [6.45, 7) is 7.89. The average molecular weight is 678 g/mol. The van der Waals surface area contributed by atoms with Crippen molar-refractivity contribution in [2.75, 3.05) is 0 Å². The second-order valence-corrected chi connectivity index (χ2v) is 13.9. The van der Waals surface area contributed by atoms with Gasteiger partial charge >= 0.3 is 6.09 Å². The van der Waals surface area contributed by atoms with Gasteiger partial charge in [0.15, 0.2) is 0 Å². The molecule has 2 saturated carbocycles. The van der Waals surface area contributed by atoms with Crippen LogP contribution in [0.3, 0.4) is 0 Å². The monoisotopic (exact) mass is 677 g/mol. The molecule has 4 aliphatic rings. The van der Waals surface area contributed by atoms with E-state index in [1.54, 1.807) is 6.92 Å². The molecule has 2 heterocycles. The number of nitrogens with one attached hydrogen (secondary N) is 1. The van der Waals surface area contributed by atoms with Gasteiger partial charge in [-0.2, -0.15) is 9.97 Å². The summed E-state index contributed by atoms with van der Waals surface area (Å²) in [6.07, 6.45) is 10.7. The second-order valence-electron chi connectivity index (χ2n) is 13.9. The van der Waals surface area contributed by atoms with Gasteiger partial charge in [0, 0.05) is 30.4 Å². The molecule has 4 aliphatic carbocycles. The van der Waals surface area contributed by atoms with Crippen LogP contribution in [0.25, 0.3) is 22.8 Å². The van der Waals surface area contributed by atoms with Crippen LogP contribution in [0, 0.1) is 0 Å². The maximum absolute atomic E-state index is 12.0. The number of halogens is 1. The number of aromatic nitrogens is 4. The lowest BCUT2D eigenvalue weighted by atomic mass is 9.85. The van der Waals surface area contributed by atoms with Crippen LogP contribution in [0.15, 0.2) is 45.4 Å². The Labute approximate surface area is 290 Å². The molecule has 10 nitrogen and oxygen atoms in total. The number of amides is 1. The molecule has 258 valence electrons. The highest BCUT2D eigenvalue weighted by molar-refractivity contribution is 5.85. The van der Waals surface area contributed by atoms with Crippen LogP contribution in [0.2, 0.25) is 0 Å². The van der Waals surface area contributed by atoms with Gasteiger partial charge in [0.25, 0.3) is 0 Å². The lowest BCUT2D eigenvalue weighted by Gasteiger charge is -2.22. The molecule has 8 rings (SSSR count).